The number of hydrogen-bond donors (Lipinski definition) is 0. The summed E-state index contributed by atoms with van der Waals surface area (Å²) in [6, 6.07) is 6.60. The zero-order valence-electron chi connectivity index (χ0n) is 15.6. The second kappa shape index (κ2) is 7.91. The first-order valence-corrected chi connectivity index (χ1v) is 9.26. The number of halogens is 1. The molecule has 9 heteroatoms. The maximum absolute atomic E-state index is 13.8. The van der Waals surface area contributed by atoms with Crippen molar-refractivity contribution < 1.29 is 13.9 Å². The fourth-order valence-corrected chi connectivity index (χ4v) is 3.63. The normalized spacial score (nSPS) is 11.0. The Morgan fingerprint density at radius 2 is 2.07 bits per heavy atom. The van der Waals surface area contributed by atoms with Crippen molar-refractivity contribution >= 4 is 23.4 Å². The molecule has 0 N–H and O–H groups in total. The van der Waals surface area contributed by atoms with Gasteiger partial charge in [0.05, 0.1) is 12.9 Å². The van der Waals surface area contributed by atoms with Crippen LogP contribution in [0.2, 0.25) is 0 Å². The number of nitrogens with zero attached hydrogens (tertiary/aromatic N) is 5. The van der Waals surface area contributed by atoms with E-state index in [9.17, 15) is 9.18 Å². The summed E-state index contributed by atoms with van der Waals surface area (Å²) in [4.78, 5) is 18.3. The molecule has 0 radical (unpaired) electrons. The number of benzene rings is 1. The Kier molecular flexibility index (Phi) is 5.59. The summed E-state index contributed by atoms with van der Waals surface area (Å²) in [6.45, 7) is 4.15. The van der Waals surface area contributed by atoms with Crippen molar-refractivity contribution in [3.05, 3.63) is 47.0 Å². The van der Waals surface area contributed by atoms with Crippen molar-refractivity contribution in [2.24, 2.45) is 0 Å². The zero-order valence-corrected chi connectivity index (χ0v) is 16.4. The summed E-state index contributed by atoms with van der Waals surface area (Å²) in [5.41, 5.74) is 2.52. The third kappa shape index (κ3) is 4.19. The van der Waals surface area contributed by atoms with Crippen LogP contribution in [0, 0.1) is 19.7 Å². The van der Waals surface area contributed by atoms with Crippen LogP contribution < -0.4 is 4.74 Å². The van der Waals surface area contributed by atoms with Gasteiger partial charge in [-0.1, -0.05) is 17.8 Å². The predicted octanol–water partition coefficient (Wildman–Crippen LogP) is 2.64. The highest BCUT2D eigenvalue weighted by Crippen LogP contribution is 2.21. The number of hydrogen-bond acceptors (Lipinski definition) is 6. The van der Waals surface area contributed by atoms with Crippen molar-refractivity contribution in [1.29, 1.82) is 0 Å². The number of rotatable bonds is 6. The third-order valence-corrected chi connectivity index (χ3v) is 4.96. The fourth-order valence-electron chi connectivity index (χ4n) is 2.70. The van der Waals surface area contributed by atoms with Crippen LogP contribution in [-0.4, -0.2) is 50.3 Å². The van der Waals surface area contributed by atoms with E-state index in [0.717, 1.165) is 11.4 Å². The van der Waals surface area contributed by atoms with Crippen molar-refractivity contribution in [3.63, 3.8) is 0 Å². The molecule has 2 heterocycles. The molecule has 0 fully saturated rings. The minimum absolute atomic E-state index is 0.0919. The van der Waals surface area contributed by atoms with E-state index in [1.165, 1.54) is 24.9 Å². The lowest BCUT2D eigenvalue weighted by molar-refractivity contribution is -0.127. The molecule has 142 valence electrons. The average molecular weight is 389 g/mol. The number of thioether (sulfide) groups is 1. The number of carbonyl (C=O) groups is 1. The van der Waals surface area contributed by atoms with Gasteiger partial charge in [-0.05, 0) is 37.6 Å². The SMILES string of the molecule is COc1ccc(CN(C)C(=O)CSc2nnc3nc(C)cc(C)n23)cc1F. The maximum Gasteiger partial charge on any atom is 0.256 e. The average Bonchev–Trinajstić information content (AvgIpc) is 3.02. The zero-order chi connectivity index (χ0) is 19.6. The molecular weight excluding hydrogens is 369 g/mol. The highest BCUT2D eigenvalue weighted by molar-refractivity contribution is 7.99. The molecule has 1 aromatic carbocycles. The lowest BCUT2D eigenvalue weighted by Crippen LogP contribution is -2.27. The summed E-state index contributed by atoms with van der Waals surface area (Å²) in [6.07, 6.45) is 0. The molecule has 1 amide bonds. The van der Waals surface area contributed by atoms with Crippen LogP contribution in [0.4, 0.5) is 4.39 Å². The van der Waals surface area contributed by atoms with E-state index in [1.807, 2.05) is 24.3 Å². The highest BCUT2D eigenvalue weighted by Gasteiger charge is 2.15. The van der Waals surface area contributed by atoms with Gasteiger partial charge in [0.2, 0.25) is 5.91 Å². The van der Waals surface area contributed by atoms with Crippen LogP contribution in [0.5, 0.6) is 5.75 Å². The number of ether oxygens (including phenoxy) is 1. The molecule has 27 heavy (non-hydrogen) atoms. The molecular formula is C18H20FN5O2S. The Balaban J connectivity index is 1.65. The van der Waals surface area contributed by atoms with Crippen LogP contribution in [0.15, 0.2) is 29.4 Å². The molecule has 0 aliphatic carbocycles. The lowest BCUT2D eigenvalue weighted by Gasteiger charge is -2.17. The number of fused-ring (bicyclic) bond motifs is 1. The first kappa shape index (κ1) is 19.1. The second-order valence-corrected chi connectivity index (χ2v) is 7.11. The molecule has 0 aliphatic heterocycles. The van der Waals surface area contributed by atoms with Crippen LogP contribution in [0.1, 0.15) is 17.0 Å². The van der Waals surface area contributed by atoms with Crippen molar-refractivity contribution in [1.82, 2.24) is 24.5 Å². The fraction of sp³-hybridized carbons (Fsp3) is 0.333. The molecule has 3 aromatic rings. The Morgan fingerprint density at radius 3 is 2.78 bits per heavy atom. The van der Waals surface area contributed by atoms with Crippen LogP contribution in [0.3, 0.4) is 0 Å². The van der Waals surface area contributed by atoms with E-state index in [-0.39, 0.29) is 17.4 Å². The number of aryl methyl sites for hydroxylation is 2. The first-order valence-electron chi connectivity index (χ1n) is 8.27. The van der Waals surface area contributed by atoms with Gasteiger partial charge in [0.1, 0.15) is 0 Å². The number of carbonyl (C=O) groups excluding carboxylic acids is 1. The van der Waals surface area contributed by atoms with E-state index >= 15 is 0 Å². The quantitative estimate of drug-likeness (QED) is 0.604. The van der Waals surface area contributed by atoms with Gasteiger partial charge in [-0.3, -0.25) is 9.20 Å². The van der Waals surface area contributed by atoms with Crippen molar-refractivity contribution in [3.8, 4) is 5.75 Å². The van der Waals surface area contributed by atoms with Crippen molar-refractivity contribution in [2.45, 2.75) is 25.5 Å². The molecule has 0 atom stereocenters. The summed E-state index contributed by atoms with van der Waals surface area (Å²) in [7, 11) is 3.10. The highest BCUT2D eigenvalue weighted by atomic mass is 32.2. The summed E-state index contributed by atoms with van der Waals surface area (Å²) in [5.74, 6) is 0.360. The molecule has 0 saturated carbocycles. The van der Waals surface area contributed by atoms with Gasteiger partial charge in [0, 0.05) is 25.0 Å². The Labute approximate surface area is 160 Å². The smallest absolute Gasteiger partial charge is 0.256 e. The van der Waals surface area contributed by atoms with E-state index in [0.29, 0.717) is 23.0 Å². The van der Waals surface area contributed by atoms with E-state index in [2.05, 4.69) is 15.2 Å². The lowest BCUT2D eigenvalue weighted by atomic mass is 10.2. The van der Waals surface area contributed by atoms with Gasteiger partial charge in [0.15, 0.2) is 16.7 Å². The summed E-state index contributed by atoms with van der Waals surface area (Å²) < 4.78 is 20.5. The molecule has 3 rings (SSSR count). The number of methoxy groups -OCH3 is 1. The van der Waals surface area contributed by atoms with Gasteiger partial charge in [-0.15, -0.1) is 10.2 Å². The predicted molar refractivity (Wildman–Crippen MR) is 100 cm³/mol. The minimum Gasteiger partial charge on any atom is -0.494 e. The number of amides is 1. The van der Waals surface area contributed by atoms with E-state index in [1.54, 1.807) is 24.1 Å². The second-order valence-electron chi connectivity index (χ2n) is 6.16. The van der Waals surface area contributed by atoms with Crippen molar-refractivity contribution in [2.75, 3.05) is 19.9 Å². The van der Waals surface area contributed by atoms with Gasteiger partial charge in [-0.2, -0.15) is 0 Å². The molecule has 2 aromatic heterocycles. The van der Waals surface area contributed by atoms with Gasteiger partial charge >= 0.3 is 0 Å². The van der Waals surface area contributed by atoms with E-state index < -0.39 is 5.82 Å². The first-order chi connectivity index (χ1) is 12.9. The molecule has 0 aliphatic rings. The van der Waals surface area contributed by atoms with Gasteiger partial charge < -0.3 is 9.64 Å². The van der Waals surface area contributed by atoms with Gasteiger partial charge in [0.25, 0.3) is 5.78 Å². The molecule has 7 nitrogen and oxygen atoms in total. The van der Waals surface area contributed by atoms with Crippen LogP contribution in [-0.2, 0) is 11.3 Å². The topological polar surface area (TPSA) is 72.6 Å². The monoisotopic (exact) mass is 389 g/mol. The molecule has 0 spiro atoms. The summed E-state index contributed by atoms with van der Waals surface area (Å²) in [5, 5.41) is 8.80. The maximum atomic E-state index is 13.8. The Hall–Kier alpha value is -2.68. The van der Waals surface area contributed by atoms with Crippen LogP contribution in [0.25, 0.3) is 5.78 Å². The third-order valence-electron chi connectivity index (χ3n) is 4.05. The summed E-state index contributed by atoms with van der Waals surface area (Å²) >= 11 is 1.30. The molecule has 0 saturated heterocycles. The Morgan fingerprint density at radius 1 is 1.30 bits per heavy atom. The molecule has 0 unspecified atom stereocenters. The van der Waals surface area contributed by atoms with E-state index in [4.69, 9.17) is 4.74 Å². The Bertz CT molecular complexity index is 991. The largest absolute Gasteiger partial charge is 0.494 e. The molecule has 0 bridgehead atoms. The van der Waals surface area contributed by atoms with Crippen LogP contribution >= 0.6 is 11.8 Å². The standard InChI is InChI=1S/C18H20FN5O2S/c1-11-7-12(2)24-17(20-11)21-22-18(24)27-10-16(25)23(3)9-13-5-6-15(26-4)14(19)8-13/h5-8H,9-10H2,1-4H3. The minimum atomic E-state index is -0.446. The van der Waals surface area contributed by atoms with Gasteiger partial charge in [-0.25, -0.2) is 9.37 Å². The number of aromatic nitrogens is 4.